The fraction of sp³-hybridized carbons (Fsp3) is 0.929. The average Bonchev–Trinajstić information content (AvgIpc) is 2.45. The van der Waals surface area contributed by atoms with Crippen molar-refractivity contribution >= 4 is 5.91 Å². The highest BCUT2D eigenvalue weighted by Crippen LogP contribution is 1.87. The van der Waals surface area contributed by atoms with E-state index in [1.165, 1.54) is 0 Å². The quantitative estimate of drug-likeness (QED) is 0.411. The minimum atomic E-state index is -0.0438. The Morgan fingerprint density at radius 3 is 2.24 bits per heavy atom. The first-order chi connectivity index (χ1) is 10.2. The third kappa shape index (κ3) is 17.2. The van der Waals surface area contributed by atoms with E-state index in [1.807, 2.05) is 13.8 Å². The number of carbonyl (C=O) groups excluding carboxylic acids is 1. The predicted octanol–water partition coefficient (Wildman–Crippen LogP) is -0.0738. The highest BCUT2D eigenvalue weighted by atomic mass is 16.5. The second kappa shape index (κ2) is 15.7. The van der Waals surface area contributed by atoms with Gasteiger partial charge in [0.1, 0.15) is 0 Å². The molecule has 0 aliphatic carbocycles. The molecule has 0 rings (SSSR count). The molecule has 0 heterocycles. The lowest BCUT2D eigenvalue weighted by atomic mass is 10.4. The Bertz CT molecular complexity index is 239. The van der Waals surface area contributed by atoms with Crippen LogP contribution in [-0.2, 0) is 23.7 Å². The van der Waals surface area contributed by atoms with Crippen LogP contribution in [0.2, 0.25) is 0 Å². The molecule has 0 saturated heterocycles. The molecule has 21 heavy (non-hydrogen) atoms. The summed E-state index contributed by atoms with van der Waals surface area (Å²) in [6, 6.07) is 0. The summed E-state index contributed by atoms with van der Waals surface area (Å²) < 4.78 is 21.1. The Hall–Kier alpha value is -0.730. The molecule has 7 heteroatoms. The van der Waals surface area contributed by atoms with Crippen LogP contribution in [0.25, 0.3) is 0 Å². The summed E-state index contributed by atoms with van der Waals surface area (Å²) in [5.41, 5.74) is 5.26. The zero-order valence-corrected chi connectivity index (χ0v) is 13.3. The summed E-state index contributed by atoms with van der Waals surface area (Å²) in [6.45, 7) is 8.51. The second-order valence-corrected chi connectivity index (χ2v) is 4.65. The van der Waals surface area contributed by atoms with E-state index >= 15 is 0 Å². The van der Waals surface area contributed by atoms with E-state index in [1.54, 1.807) is 0 Å². The highest BCUT2D eigenvalue weighted by molar-refractivity contribution is 5.75. The monoisotopic (exact) mass is 306 g/mol. The van der Waals surface area contributed by atoms with Crippen molar-refractivity contribution in [1.29, 1.82) is 0 Å². The van der Waals surface area contributed by atoms with Crippen LogP contribution in [-0.4, -0.2) is 71.3 Å². The van der Waals surface area contributed by atoms with Crippen LogP contribution in [0, 0.1) is 0 Å². The maximum absolute atomic E-state index is 11.4. The molecule has 0 saturated carbocycles. The van der Waals surface area contributed by atoms with Crippen molar-refractivity contribution in [3.05, 3.63) is 0 Å². The SMILES string of the molecule is CC(C)OCCOCCOCCNC(=O)CCOCCN. The fourth-order valence-corrected chi connectivity index (χ4v) is 1.37. The van der Waals surface area contributed by atoms with Crippen LogP contribution in [0.1, 0.15) is 20.3 Å². The molecule has 1 amide bonds. The lowest BCUT2D eigenvalue weighted by molar-refractivity contribution is -0.122. The Balaban J connectivity index is 3.12. The molecule has 0 aromatic rings. The van der Waals surface area contributed by atoms with Crippen LogP contribution in [0.3, 0.4) is 0 Å². The molecular weight excluding hydrogens is 276 g/mol. The Labute approximate surface area is 127 Å². The largest absolute Gasteiger partial charge is 0.380 e. The third-order valence-corrected chi connectivity index (χ3v) is 2.36. The normalized spacial score (nSPS) is 11.0. The van der Waals surface area contributed by atoms with E-state index < -0.39 is 0 Å². The van der Waals surface area contributed by atoms with Crippen molar-refractivity contribution in [3.8, 4) is 0 Å². The zero-order chi connectivity index (χ0) is 15.8. The van der Waals surface area contributed by atoms with Crippen LogP contribution < -0.4 is 11.1 Å². The van der Waals surface area contributed by atoms with Gasteiger partial charge in [-0.25, -0.2) is 0 Å². The molecule has 7 nitrogen and oxygen atoms in total. The first kappa shape index (κ1) is 20.3. The molecule has 0 fully saturated rings. The van der Waals surface area contributed by atoms with Gasteiger partial charge in [-0.3, -0.25) is 4.79 Å². The van der Waals surface area contributed by atoms with E-state index in [-0.39, 0.29) is 12.0 Å². The standard InChI is InChI=1S/C14H30N2O5/c1-13(2)21-12-11-20-10-9-19-8-5-16-14(17)3-6-18-7-4-15/h13H,3-12,15H2,1-2H3,(H,16,17). The van der Waals surface area contributed by atoms with Gasteiger partial charge in [0.25, 0.3) is 0 Å². The Kier molecular flexibility index (Phi) is 15.1. The smallest absolute Gasteiger partial charge is 0.222 e. The van der Waals surface area contributed by atoms with Crippen LogP contribution in [0.5, 0.6) is 0 Å². The van der Waals surface area contributed by atoms with Crippen molar-refractivity contribution in [2.45, 2.75) is 26.4 Å². The molecule has 0 aliphatic rings. The highest BCUT2D eigenvalue weighted by Gasteiger charge is 2.00. The van der Waals surface area contributed by atoms with Gasteiger partial charge in [0.15, 0.2) is 0 Å². The molecule has 0 unspecified atom stereocenters. The second-order valence-electron chi connectivity index (χ2n) is 4.65. The van der Waals surface area contributed by atoms with Gasteiger partial charge >= 0.3 is 0 Å². The number of ether oxygens (including phenoxy) is 4. The summed E-state index contributed by atoms with van der Waals surface area (Å²) in [4.78, 5) is 11.4. The molecule has 0 atom stereocenters. The minimum Gasteiger partial charge on any atom is -0.380 e. The molecule has 0 aliphatic heterocycles. The van der Waals surface area contributed by atoms with E-state index in [4.69, 9.17) is 24.7 Å². The van der Waals surface area contributed by atoms with Crippen molar-refractivity contribution in [2.75, 3.05) is 59.3 Å². The van der Waals surface area contributed by atoms with E-state index in [9.17, 15) is 4.79 Å². The number of nitrogens with one attached hydrogen (secondary N) is 1. The topological polar surface area (TPSA) is 92.0 Å². The predicted molar refractivity (Wildman–Crippen MR) is 80.2 cm³/mol. The van der Waals surface area contributed by atoms with E-state index in [0.717, 1.165) is 0 Å². The first-order valence-corrected chi connectivity index (χ1v) is 7.48. The van der Waals surface area contributed by atoms with Gasteiger partial charge in [0.05, 0.1) is 52.4 Å². The van der Waals surface area contributed by atoms with Crippen LogP contribution in [0.15, 0.2) is 0 Å². The third-order valence-electron chi connectivity index (χ3n) is 2.36. The van der Waals surface area contributed by atoms with Crippen LogP contribution in [0.4, 0.5) is 0 Å². The minimum absolute atomic E-state index is 0.0438. The first-order valence-electron chi connectivity index (χ1n) is 7.48. The molecule has 0 aromatic carbocycles. The van der Waals surface area contributed by atoms with Gasteiger partial charge in [-0.1, -0.05) is 0 Å². The van der Waals surface area contributed by atoms with Gasteiger partial charge < -0.3 is 30.0 Å². The number of hydrogen-bond acceptors (Lipinski definition) is 6. The van der Waals surface area contributed by atoms with Crippen molar-refractivity contribution < 1.29 is 23.7 Å². The number of carbonyl (C=O) groups is 1. The van der Waals surface area contributed by atoms with Gasteiger partial charge in [-0.15, -0.1) is 0 Å². The van der Waals surface area contributed by atoms with E-state index in [0.29, 0.717) is 65.8 Å². The molecule has 0 radical (unpaired) electrons. The van der Waals surface area contributed by atoms with Gasteiger partial charge in [-0.2, -0.15) is 0 Å². The maximum Gasteiger partial charge on any atom is 0.222 e. The molecule has 0 bridgehead atoms. The summed E-state index contributed by atoms with van der Waals surface area (Å²) in [6.07, 6.45) is 0.577. The molecule has 3 N–H and O–H groups in total. The fourth-order valence-electron chi connectivity index (χ4n) is 1.37. The Morgan fingerprint density at radius 1 is 0.952 bits per heavy atom. The van der Waals surface area contributed by atoms with Crippen molar-refractivity contribution in [3.63, 3.8) is 0 Å². The summed E-state index contributed by atoms with van der Waals surface area (Å²) in [5, 5.41) is 2.75. The molecular formula is C14H30N2O5. The summed E-state index contributed by atoms with van der Waals surface area (Å²) >= 11 is 0. The summed E-state index contributed by atoms with van der Waals surface area (Å²) in [5.74, 6) is -0.0438. The maximum atomic E-state index is 11.4. The van der Waals surface area contributed by atoms with Crippen LogP contribution >= 0.6 is 0 Å². The molecule has 0 aromatic heterocycles. The average molecular weight is 306 g/mol. The van der Waals surface area contributed by atoms with E-state index in [2.05, 4.69) is 5.32 Å². The van der Waals surface area contributed by atoms with Crippen molar-refractivity contribution in [2.24, 2.45) is 5.73 Å². The number of nitrogens with two attached hydrogens (primary N) is 1. The summed E-state index contributed by atoms with van der Waals surface area (Å²) in [7, 11) is 0. The van der Waals surface area contributed by atoms with Gasteiger partial charge in [0, 0.05) is 19.5 Å². The van der Waals surface area contributed by atoms with Gasteiger partial charge in [-0.05, 0) is 13.8 Å². The number of amides is 1. The molecule has 0 spiro atoms. The van der Waals surface area contributed by atoms with Crippen molar-refractivity contribution in [1.82, 2.24) is 5.32 Å². The zero-order valence-electron chi connectivity index (χ0n) is 13.3. The lowest BCUT2D eigenvalue weighted by Gasteiger charge is -2.09. The number of rotatable bonds is 15. The van der Waals surface area contributed by atoms with Gasteiger partial charge in [0.2, 0.25) is 5.91 Å². The molecule has 126 valence electrons. The lowest BCUT2D eigenvalue weighted by Crippen LogP contribution is -2.28. The number of hydrogen-bond donors (Lipinski definition) is 2. The Morgan fingerprint density at radius 2 is 1.57 bits per heavy atom.